The number of non-ortho nitro benzene ring substituents is 1. The molecule has 0 bridgehead atoms. The number of nitrogens with zero attached hydrogens (tertiary/aromatic N) is 2. The summed E-state index contributed by atoms with van der Waals surface area (Å²) in [5.41, 5.74) is 5.93. The largest absolute Gasteiger partial charge is 0.354 e. The third kappa shape index (κ3) is 8.30. The second-order valence-electron chi connectivity index (χ2n) is 11.8. The van der Waals surface area contributed by atoms with Crippen molar-refractivity contribution in [2.24, 2.45) is 0 Å². The lowest BCUT2D eigenvalue weighted by atomic mass is 9.98. The van der Waals surface area contributed by atoms with Crippen LogP contribution < -0.4 is 4.72 Å². The number of aryl methyl sites for hydroxylation is 3. The van der Waals surface area contributed by atoms with Crippen LogP contribution in [-0.2, 0) is 27.8 Å². The van der Waals surface area contributed by atoms with Gasteiger partial charge in [-0.25, -0.2) is 8.42 Å². The molecule has 1 amide bonds. The van der Waals surface area contributed by atoms with Crippen LogP contribution in [0.1, 0.15) is 45.5 Å². The van der Waals surface area contributed by atoms with Gasteiger partial charge in [0.25, 0.3) is 17.4 Å². The summed E-state index contributed by atoms with van der Waals surface area (Å²) in [4.78, 5) is 44.3. The van der Waals surface area contributed by atoms with E-state index in [4.69, 9.17) is 0 Å². The van der Waals surface area contributed by atoms with Crippen LogP contribution in [-0.4, -0.2) is 47.7 Å². The zero-order valence-corrected chi connectivity index (χ0v) is 27.3. The molecule has 0 aliphatic rings. The van der Waals surface area contributed by atoms with E-state index in [1.165, 1.54) is 17.0 Å². The molecule has 0 saturated carbocycles. The molecular weight excluding hydrogens is 616 g/mol. The Balaban J connectivity index is 1.43. The Bertz CT molecular complexity index is 2030. The van der Waals surface area contributed by atoms with Crippen LogP contribution in [0, 0.1) is 24.0 Å². The van der Waals surface area contributed by atoms with Gasteiger partial charge >= 0.3 is 0 Å². The number of carbonyl (C=O) groups excluding carboxylic acids is 2. The van der Waals surface area contributed by atoms with E-state index in [0.717, 1.165) is 34.9 Å². The fraction of sp³-hybridized carbons (Fsp3) is 0.222. The molecule has 2 N–H and O–H groups in total. The Hall–Kier alpha value is -5.29. The third-order valence-electron chi connectivity index (χ3n) is 7.83. The maximum atomic E-state index is 14.3. The van der Waals surface area contributed by atoms with Gasteiger partial charge < -0.3 is 9.88 Å². The Kier molecular flexibility index (Phi) is 9.86. The zero-order chi connectivity index (χ0) is 33.7. The zero-order valence-electron chi connectivity index (χ0n) is 26.4. The molecule has 5 rings (SSSR count). The van der Waals surface area contributed by atoms with Crippen LogP contribution in [0.4, 0.5) is 11.4 Å². The Morgan fingerprint density at radius 3 is 2.19 bits per heavy atom. The number of ketones is 1. The predicted molar refractivity (Wildman–Crippen MR) is 184 cm³/mol. The van der Waals surface area contributed by atoms with E-state index in [-0.39, 0.29) is 17.8 Å². The van der Waals surface area contributed by atoms with E-state index < -0.39 is 26.6 Å². The third-order valence-corrected chi connectivity index (χ3v) is 8.44. The van der Waals surface area contributed by atoms with E-state index in [1.807, 2.05) is 74.5 Å². The van der Waals surface area contributed by atoms with Crippen LogP contribution in [0.15, 0.2) is 91.0 Å². The summed E-state index contributed by atoms with van der Waals surface area (Å²) in [5.74, 6) is -1.43. The number of nitro benzene ring substituents is 1. The molecule has 11 heteroatoms. The number of anilines is 1. The van der Waals surface area contributed by atoms with Crippen LogP contribution in [0.25, 0.3) is 22.2 Å². The number of Topliss-reactive ketones (excluding diaryl/α,β-unsaturated/α-hetero) is 1. The molecule has 10 nitrogen and oxygen atoms in total. The first-order valence-corrected chi connectivity index (χ1v) is 17.1. The number of amides is 1. The lowest BCUT2D eigenvalue weighted by molar-refractivity contribution is -0.384. The minimum absolute atomic E-state index is 0.111. The Morgan fingerprint density at radius 1 is 0.872 bits per heavy atom. The average molecular weight is 653 g/mol. The van der Waals surface area contributed by atoms with Crippen LogP contribution in [0.2, 0.25) is 0 Å². The summed E-state index contributed by atoms with van der Waals surface area (Å²) in [6.45, 7) is 4.42. The van der Waals surface area contributed by atoms with E-state index >= 15 is 0 Å². The summed E-state index contributed by atoms with van der Waals surface area (Å²) in [5, 5.41) is 12.0. The predicted octanol–water partition coefficient (Wildman–Crippen LogP) is 6.97. The van der Waals surface area contributed by atoms with Gasteiger partial charge in [-0.05, 0) is 80.1 Å². The van der Waals surface area contributed by atoms with Crippen molar-refractivity contribution in [1.82, 2.24) is 9.88 Å². The van der Waals surface area contributed by atoms with Crippen molar-refractivity contribution in [3.63, 3.8) is 0 Å². The van der Waals surface area contributed by atoms with Crippen LogP contribution in [0.3, 0.4) is 0 Å². The monoisotopic (exact) mass is 652 g/mol. The number of H-pyrrole nitrogens is 1. The SMILES string of the molecule is Cc1cc(C)cc(-c2[nH]c3ccc([N+](=O)[O-])cc3c2C(=O)C(=O)N(CCCCc2ccc(NS(C)(=O)=O)cc2)Cc2ccccc2)c1. The number of unbranched alkanes of at least 4 members (excludes halogenated alkanes) is 1. The highest BCUT2D eigenvalue weighted by atomic mass is 32.2. The molecule has 0 unspecified atom stereocenters. The summed E-state index contributed by atoms with van der Waals surface area (Å²) in [6.07, 6.45) is 3.13. The molecule has 0 aliphatic carbocycles. The molecule has 0 radical (unpaired) electrons. The van der Waals surface area contributed by atoms with E-state index in [2.05, 4.69) is 9.71 Å². The highest BCUT2D eigenvalue weighted by Gasteiger charge is 2.30. The topological polar surface area (TPSA) is 142 Å². The number of rotatable bonds is 13. The molecule has 5 aromatic rings. The molecule has 0 saturated heterocycles. The minimum Gasteiger partial charge on any atom is -0.354 e. The number of aromatic amines is 1. The van der Waals surface area contributed by atoms with Crippen molar-refractivity contribution in [2.75, 3.05) is 17.5 Å². The quantitative estimate of drug-likeness (QED) is 0.0463. The number of hydrogen-bond donors (Lipinski definition) is 2. The van der Waals surface area contributed by atoms with E-state index in [9.17, 15) is 28.1 Å². The van der Waals surface area contributed by atoms with Crippen molar-refractivity contribution >= 4 is 44.0 Å². The van der Waals surface area contributed by atoms with Gasteiger partial charge in [-0.3, -0.25) is 24.4 Å². The number of sulfonamides is 1. The first kappa shape index (κ1) is 33.1. The Labute approximate surface area is 273 Å². The van der Waals surface area contributed by atoms with Crippen molar-refractivity contribution < 1.29 is 22.9 Å². The first-order chi connectivity index (χ1) is 22.4. The standard InChI is InChI=1S/C36H36N4O6S/c1-24-19-25(2)21-28(20-24)34-33(31-22-30(40(43)44)16-17-32(31)37-34)35(41)36(42)39(23-27-10-5-4-6-11-27)18-8-7-9-26-12-14-29(15-13-26)38-47(3,45)46/h4-6,10-17,19-22,37-38H,7-9,18,23H2,1-3H3. The minimum atomic E-state index is -3.37. The summed E-state index contributed by atoms with van der Waals surface area (Å²) in [7, 11) is -3.37. The molecule has 242 valence electrons. The van der Waals surface area contributed by atoms with Crippen LogP contribution >= 0.6 is 0 Å². The Morgan fingerprint density at radius 2 is 1.55 bits per heavy atom. The molecule has 0 spiro atoms. The molecule has 0 fully saturated rings. The van der Waals surface area contributed by atoms with Gasteiger partial charge in [0.2, 0.25) is 10.0 Å². The number of hydrogen-bond acceptors (Lipinski definition) is 6. The fourth-order valence-electron chi connectivity index (χ4n) is 5.76. The van der Waals surface area contributed by atoms with Gasteiger partial charge in [0.1, 0.15) is 0 Å². The average Bonchev–Trinajstić information content (AvgIpc) is 3.41. The second-order valence-corrected chi connectivity index (χ2v) is 13.6. The number of carbonyl (C=O) groups is 2. The molecule has 47 heavy (non-hydrogen) atoms. The molecule has 4 aromatic carbocycles. The molecule has 0 aliphatic heterocycles. The number of nitrogens with one attached hydrogen (secondary N) is 2. The van der Waals surface area contributed by atoms with E-state index in [0.29, 0.717) is 47.2 Å². The number of nitro groups is 1. The van der Waals surface area contributed by atoms with Gasteiger partial charge in [0, 0.05) is 41.8 Å². The van der Waals surface area contributed by atoms with Gasteiger partial charge in [0.05, 0.1) is 22.4 Å². The molecule has 1 aromatic heterocycles. The lowest BCUT2D eigenvalue weighted by Crippen LogP contribution is -2.37. The summed E-state index contributed by atoms with van der Waals surface area (Å²) < 4.78 is 25.4. The molecular formula is C36H36N4O6S. The first-order valence-electron chi connectivity index (χ1n) is 15.2. The smallest absolute Gasteiger partial charge is 0.295 e. The van der Waals surface area contributed by atoms with Crippen LogP contribution in [0.5, 0.6) is 0 Å². The fourth-order valence-corrected chi connectivity index (χ4v) is 6.32. The molecule has 1 heterocycles. The van der Waals surface area contributed by atoms with Gasteiger partial charge in [-0.15, -0.1) is 0 Å². The van der Waals surface area contributed by atoms with Gasteiger partial charge in [0.15, 0.2) is 0 Å². The summed E-state index contributed by atoms with van der Waals surface area (Å²) >= 11 is 0. The maximum absolute atomic E-state index is 14.3. The van der Waals surface area contributed by atoms with Crippen molar-refractivity contribution in [3.05, 3.63) is 129 Å². The number of benzene rings is 4. The second kappa shape index (κ2) is 14.0. The highest BCUT2D eigenvalue weighted by molar-refractivity contribution is 7.92. The van der Waals surface area contributed by atoms with Crippen molar-refractivity contribution in [1.29, 1.82) is 0 Å². The number of fused-ring (bicyclic) bond motifs is 1. The van der Waals surface area contributed by atoms with Gasteiger partial charge in [-0.1, -0.05) is 59.7 Å². The lowest BCUT2D eigenvalue weighted by Gasteiger charge is -2.22. The normalized spacial score (nSPS) is 11.4. The van der Waals surface area contributed by atoms with Crippen molar-refractivity contribution in [3.8, 4) is 11.3 Å². The highest BCUT2D eigenvalue weighted by Crippen LogP contribution is 2.34. The summed E-state index contributed by atoms with van der Waals surface area (Å²) in [6, 6.07) is 26.7. The van der Waals surface area contributed by atoms with Gasteiger partial charge in [-0.2, -0.15) is 0 Å². The molecule has 0 atom stereocenters. The maximum Gasteiger partial charge on any atom is 0.295 e. The van der Waals surface area contributed by atoms with Crippen molar-refractivity contribution in [2.45, 2.75) is 39.7 Å². The number of aromatic nitrogens is 1. The van der Waals surface area contributed by atoms with E-state index in [1.54, 1.807) is 18.2 Å².